The molecule has 2 N–H and O–H groups in total. The number of amides is 3. The maximum absolute atomic E-state index is 14.0. The lowest BCUT2D eigenvalue weighted by Gasteiger charge is -2.44. The molecule has 1 aromatic carbocycles. The first-order valence-electron chi connectivity index (χ1n) is 15.4. The number of carbonyl (C=O) groups excluding carboxylic acids is 2. The van der Waals surface area contributed by atoms with Crippen molar-refractivity contribution in [2.75, 3.05) is 49.1 Å². The number of pyridine rings is 2. The lowest BCUT2D eigenvalue weighted by molar-refractivity contribution is -0.137. The van der Waals surface area contributed by atoms with Gasteiger partial charge in [-0.1, -0.05) is 18.5 Å². The van der Waals surface area contributed by atoms with Gasteiger partial charge in [0.1, 0.15) is 0 Å². The summed E-state index contributed by atoms with van der Waals surface area (Å²) in [7, 11) is 0. The van der Waals surface area contributed by atoms with Crippen molar-refractivity contribution in [1.29, 1.82) is 0 Å². The molecule has 0 unspecified atom stereocenters. The number of urea groups is 1. The second-order valence-electron chi connectivity index (χ2n) is 11.6. The summed E-state index contributed by atoms with van der Waals surface area (Å²) in [5.41, 5.74) is 0.774. The first-order chi connectivity index (χ1) is 22.1. The molecule has 3 saturated heterocycles. The number of carbonyl (C=O) groups is 2. The quantitative estimate of drug-likeness (QED) is 0.326. The van der Waals surface area contributed by atoms with Crippen LogP contribution >= 0.6 is 11.6 Å². The molecule has 3 aliphatic heterocycles. The van der Waals surface area contributed by atoms with Crippen molar-refractivity contribution in [3.05, 3.63) is 64.9 Å². The number of nitrogens with one attached hydrogen (secondary N) is 2. The van der Waals surface area contributed by atoms with Gasteiger partial charge in [-0.05, 0) is 68.8 Å². The van der Waals surface area contributed by atoms with Crippen molar-refractivity contribution < 1.29 is 27.5 Å². The Labute approximate surface area is 269 Å². The summed E-state index contributed by atoms with van der Waals surface area (Å²) >= 11 is 5.91. The van der Waals surface area contributed by atoms with Gasteiger partial charge in [-0.25, -0.2) is 14.8 Å². The van der Waals surface area contributed by atoms with Gasteiger partial charge in [0.2, 0.25) is 5.88 Å². The van der Waals surface area contributed by atoms with Gasteiger partial charge in [0.15, 0.2) is 5.69 Å². The van der Waals surface area contributed by atoms with Crippen molar-refractivity contribution >= 4 is 34.9 Å². The number of hydrogen-bond acceptors (Lipinski definition) is 7. The summed E-state index contributed by atoms with van der Waals surface area (Å²) in [6.45, 7) is 6.22. The number of rotatable bonds is 9. The molecule has 0 radical (unpaired) electrons. The molecule has 3 fully saturated rings. The van der Waals surface area contributed by atoms with Crippen LogP contribution in [0.25, 0.3) is 11.3 Å². The highest BCUT2D eigenvalue weighted by Crippen LogP contribution is 2.41. The zero-order chi connectivity index (χ0) is 32.6. The van der Waals surface area contributed by atoms with Crippen molar-refractivity contribution in [3.8, 4) is 17.1 Å². The van der Waals surface area contributed by atoms with Crippen LogP contribution in [0.3, 0.4) is 0 Å². The number of nitrogens with zero attached hydrogens (tertiary/aromatic N) is 5. The van der Waals surface area contributed by atoms with Crippen LogP contribution in [0.2, 0.25) is 5.02 Å². The Bertz CT molecular complexity index is 1620. The monoisotopic (exact) mass is 657 g/mol. The van der Waals surface area contributed by atoms with Gasteiger partial charge >= 0.3 is 12.2 Å². The number of ether oxygens (including phenoxy) is 1. The number of alkyl halides is 3. The van der Waals surface area contributed by atoms with E-state index in [-0.39, 0.29) is 47.5 Å². The van der Waals surface area contributed by atoms with Crippen LogP contribution in [0.4, 0.5) is 29.3 Å². The molecule has 14 heteroatoms. The number of anilines is 2. The van der Waals surface area contributed by atoms with E-state index in [0.29, 0.717) is 48.9 Å². The van der Waals surface area contributed by atoms with Crippen LogP contribution < -0.4 is 25.2 Å². The zero-order valence-electron chi connectivity index (χ0n) is 25.5. The lowest BCUT2D eigenvalue weighted by Crippen LogP contribution is -2.58. The molecule has 10 nitrogen and oxygen atoms in total. The molecule has 3 aliphatic rings. The lowest BCUT2D eigenvalue weighted by atomic mass is 10.0. The molecule has 0 spiro atoms. The Morgan fingerprint density at radius 1 is 1.11 bits per heavy atom. The summed E-state index contributed by atoms with van der Waals surface area (Å²) in [6.07, 6.45) is -1.48. The second kappa shape index (κ2) is 13.0. The molecule has 6 rings (SSSR count). The molecule has 2 aromatic heterocycles. The van der Waals surface area contributed by atoms with Crippen LogP contribution in [-0.2, 0) is 6.18 Å². The highest BCUT2D eigenvalue weighted by atomic mass is 35.5. The number of aromatic nitrogens is 2. The molecule has 3 amide bonds. The van der Waals surface area contributed by atoms with E-state index in [9.17, 15) is 22.8 Å². The smallest absolute Gasteiger partial charge is 0.418 e. The largest absolute Gasteiger partial charge is 0.477 e. The number of fused-ring (bicyclic) bond motifs is 1. The number of halogens is 4. The first kappa shape index (κ1) is 31.9. The normalized spacial score (nSPS) is 21.2. The third-order valence-corrected chi connectivity index (χ3v) is 8.99. The summed E-state index contributed by atoms with van der Waals surface area (Å²) < 4.78 is 47.7. The van der Waals surface area contributed by atoms with Crippen molar-refractivity contribution in [3.63, 3.8) is 0 Å². The van der Waals surface area contributed by atoms with E-state index in [1.54, 1.807) is 17.2 Å². The van der Waals surface area contributed by atoms with Crippen LogP contribution in [0.5, 0.6) is 5.88 Å². The summed E-state index contributed by atoms with van der Waals surface area (Å²) in [6, 6.07) is 9.77. The second-order valence-corrected chi connectivity index (χ2v) is 12.0. The van der Waals surface area contributed by atoms with Crippen LogP contribution in [-0.4, -0.2) is 84.3 Å². The van der Waals surface area contributed by atoms with Crippen molar-refractivity contribution in [2.24, 2.45) is 0 Å². The van der Waals surface area contributed by atoms with Crippen LogP contribution in [0, 0.1) is 0 Å². The zero-order valence-corrected chi connectivity index (χ0v) is 26.2. The van der Waals surface area contributed by atoms with E-state index in [1.807, 2.05) is 32.0 Å². The molecular weight excluding hydrogens is 623 g/mol. The van der Waals surface area contributed by atoms with E-state index in [4.69, 9.17) is 21.3 Å². The Balaban J connectivity index is 1.34. The van der Waals surface area contributed by atoms with E-state index < -0.39 is 23.8 Å². The van der Waals surface area contributed by atoms with E-state index >= 15 is 0 Å². The molecule has 244 valence electrons. The average molecular weight is 658 g/mol. The van der Waals surface area contributed by atoms with Crippen LogP contribution in [0.1, 0.15) is 42.7 Å². The number of piperazine rings is 1. The van der Waals surface area contributed by atoms with Gasteiger partial charge < -0.3 is 25.2 Å². The fourth-order valence-electron chi connectivity index (χ4n) is 6.26. The Hall–Kier alpha value is -4.10. The predicted molar refractivity (Wildman–Crippen MR) is 168 cm³/mol. The molecule has 0 aliphatic carbocycles. The van der Waals surface area contributed by atoms with Crippen molar-refractivity contribution in [1.82, 2.24) is 25.5 Å². The minimum Gasteiger partial charge on any atom is -0.477 e. The van der Waals surface area contributed by atoms with Gasteiger partial charge in [-0.15, -0.1) is 0 Å². The molecule has 3 atom stereocenters. The van der Waals surface area contributed by atoms with E-state index in [2.05, 4.69) is 20.5 Å². The molecule has 46 heavy (non-hydrogen) atoms. The van der Waals surface area contributed by atoms with Crippen LogP contribution in [0.15, 0.2) is 48.7 Å². The fourth-order valence-corrected chi connectivity index (χ4v) is 6.43. The van der Waals surface area contributed by atoms with E-state index in [1.165, 1.54) is 17.0 Å². The molecule has 5 heterocycles. The average Bonchev–Trinajstić information content (AvgIpc) is 3.34. The third kappa shape index (κ3) is 6.17. The van der Waals surface area contributed by atoms with E-state index in [0.717, 1.165) is 19.0 Å². The van der Waals surface area contributed by atoms with Gasteiger partial charge in [0.25, 0.3) is 5.91 Å². The Morgan fingerprint density at radius 3 is 2.59 bits per heavy atom. The standard InChI is InChI=1S/C32H35ClF3N7O3/c1-3-21-16-42-22(18-43(31(42)45)26-9-7-19(33)14-24(26)32(34,35)36)17-41(21)27-10-8-25(23-6-5-12-38-30(23)46-4-2)40-28(27)29(44)39-15-20-11-13-37-20/h5-10,12,14,20-22,37H,3-4,11,13,15-18H2,1-2H3,(H,39,44)/t20-,21-,22+/m1/s1. The number of benzene rings is 1. The molecule has 3 aromatic rings. The van der Waals surface area contributed by atoms with Gasteiger partial charge in [-0.2, -0.15) is 13.2 Å². The van der Waals surface area contributed by atoms with Gasteiger partial charge in [0.05, 0.1) is 40.8 Å². The topological polar surface area (TPSA) is 103 Å². The third-order valence-electron chi connectivity index (χ3n) is 8.75. The first-order valence-corrected chi connectivity index (χ1v) is 15.8. The SMILES string of the molecule is CCOc1ncccc1-c1ccc(N2C[C@H]3CN(c4ccc(Cl)cc4C(F)(F)F)C(=O)N3C[C@H]2CC)c(C(=O)NC[C@H]2CCN2)n1. The Kier molecular flexibility index (Phi) is 8.97. The number of hydrogen-bond donors (Lipinski definition) is 2. The minimum atomic E-state index is -4.69. The predicted octanol–water partition coefficient (Wildman–Crippen LogP) is 5.22. The van der Waals surface area contributed by atoms with Gasteiger partial charge in [-0.3, -0.25) is 9.69 Å². The minimum absolute atomic E-state index is 0.0459. The molecule has 0 bridgehead atoms. The highest BCUT2D eigenvalue weighted by molar-refractivity contribution is 6.30. The highest BCUT2D eigenvalue weighted by Gasteiger charge is 2.47. The summed E-state index contributed by atoms with van der Waals surface area (Å²) in [5.74, 6) is 0.0603. The molecule has 0 saturated carbocycles. The summed E-state index contributed by atoms with van der Waals surface area (Å²) in [5, 5.41) is 6.23. The Morgan fingerprint density at radius 2 is 1.89 bits per heavy atom. The maximum atomic E-state index is 14.0. The summed E-state index contributed by atoms with van der Waals surface area (Å²) in [4.78, 5) is 41.4. The van der Waals surface area contributed by atoms with Crippen molar-refractivity contribution in [2.45, 2.75) is 51.0 Å². The van der Waals surface area contributed by atoms with Gasteiger partial charge in [0, 0.05) is 49.5 Å². The molecular formula is C32H35ClF3N7O3. The maximum Gasteiger partial charge on any atom is 0.418 e. The fraction of sp³-hybridized carbons (Fsp3) is 0.438.